The summed E-state index contributed by atoms with van der Waals surface area (Å²) in [5, 5.41) is 97.6. The van der Waals surface area contributed by atoms with E-state index in [1.807, 2.05) is 6.08 Å². The number of hydrogen-bond acceptors (Lipinski definition) is 4. The van der Waals surface area contributed by atoms with Crippen LogP contribution in [0.25, 0.3) is 297 Å². The maximum Gasteiger partial charge on any atom is 0.330 e. The van der Waals surface area contributed by atoms with Crippen LogP contribution >= 0.6 is 0 Å². The van der Waals surface area contributed by atoms with E-state index < -0.39 is 5.41 Å². The van der Waals surface area contributed by atoms with Crippen LogP contribution in [0.3, 0.4) is 0 Å². The van der Waals surface area contributed by atoms with Crippen LogP contribution in [0.2, 0.25) is 0 Å². The number of aliphatic hydroxyl groups is 1. The molecule has 29 aromatic rings. The Morgan fingerprint density at radius 1 is 0.412 bits per heavy atom. The first-order chi connectivity index (χ1) is 39.7. The molecule has 4 heteroatoms. The Bertz CT molecular complexity index is 7570. The van der Waals surface area contributed by atoms with Gasteiger partial charge in [-0.1, -0.05) is 24.3 Å². The lowest BCUT2D eigenvalue weighted by Crippen LogP contribution is -2.51. The fourth-order valence-electron chi connectivity index (χ4n) is 26.9. The van der Waals surface area contributed by atoms with Gasteiger partial charge in [0.2, 0.25) is 0 Å². The number of nitrogens with zero attached hydrogens (tertiary/aromatic N) is 1. The minimum Gasteiger partial charge on any atom is -0.463 e. The van der Waals surface area contributed by atoms with E-state index in [0.717, 1.165) is 12.1 Å². The van der Waals surface area contributed by atoms with E-state index in [9.17, 15) is 9.90 Å². The Hall–Kier alpha value is -9.19. The van der Waals surface area contributed by atoms with Crippen LogP contribution < -0.4 is 0 Å². The summed E-state index contributed by atoms with van der Waals surface area (Å²) in [6.45, 7) is 1.40. The normalized spacial score (nSPS) is 22.4. The number of ether oxygens (including phenoxy) is 1. The number of carbonyl (C=O) groups is 1. The second-order valence-corrected chi connectivity index (χ2v) is 28.4. The first-order valence-corrected chi connectivity index (χ1v) is 29.7. The smallest absolute Gasteiger partial charge is 0.330 e. The van der Waals surface area contributed by atoms with Gasteiger partial charge in [-0.3, -0.25) is 4.90 Å². The highest BCUT2D eigenvalue weighted by Crippen LogP contribution is 2.87. The minimum atomic E-state index is -0.414. The van der Waals surface area contributed by atoms with Crippen molar-refractivity contribution in [2.75, 3.05) is 26.8 Å². The Morgan fingerprint density at radius 2 is 0.675 bits per heavy atom. The molecule has 0 aromatic heterocycles. The van der Waals surface area contributed by atoms with E-state index in [2.05, 4.69) is 36.2 Å². The molecule has 1 aliphatic heterocycles. The molecule has 0 radical (unpaired) electrons. The zero-order valence-electron chi connectivity index (χ0n) is 41.8. The summed E-state index contributed by atoms with van der Waals surface area (Å²) in [5.41, 5.74) is 8.49. The molecule has 1 atom stereocenters. The van der Waals surface area contributed by atoms with Gasteiger partial charge in [0, 0.05) is 25.3 Å². The summed E-state index contributed by atoms with van der Waals surface area (Å²) in [4.78, 5) is 15.9. The summed E-state index contributed by atoms with van der Waals surface area (Å²) in [6, 6.07) is 9.53. The van der Waals surface area contributed by atoms with E-state index in [1.54, 1.807) is 319 Å². The fraction of sp³-hybridized carbons (Fsp3) is 0.118. The average Bonchev–Trinajstić information content (AvgIpc) is 1.44. The topological polar surface area (TPSA) is 49.8 Å². The molecule has 5 aliphatic rings. The number of benzene rings is 19. The Kier molecular flexibility index (Phi) is 3.25. The Labute approximate surface area is 440 Å². The Morgan fingerprint density at radius 3 is 0.950 bits per heavy atom. The SMILES string of the molecule is CN1CC23c4c5c6c7c8c9c(c%10c%11c2c2c4c4c%12c5c5c6c6c8c8c%13c9c9c%10c%10c%11c%11c2c2c4c4c%12c%12c5c5c6c8c6c8c%13c9c9c%10c%10c%11c2c2c4c4c%12c5c6c5c8c9c%10c2c45)C73C1c1ccc(/C=C/C(=O)OCCCCO)cc1. The standard InChI is InChI=1S/C76H21NO3/c1-77-12-75-70-62-54-44-34-26-18-16-17-20-24-22(18)30-38-32(24)42-36-28(20)29-21(17)25-23-19(16)27(26)35-41-31(23)39-33(25)43-37(29)47-46(36)58-52(42)60-50(38)56(48(54)40(30)34)64(70)66(60)72-68(58)69-59(47)53(43)61-51(39)57-49(41)55(45(35)44)63(62)71(75)65(57)67(61)73(69)76(72,75)74(77)14-7-4-13(5-8-14)6-9-15(79)80-11-3-2-10-78/h4-9,74,78H,2-3,10-12H2,1H3/b9-6+. The van der Waals surface area contributed by atoms with Gasteiger partial charge < -0.3 is 9.84 Å². The third-order valence-corrected chi connectivity index (χ3v) is 27.4. The summed E-state index contributed by atoms with van der Waals surface area (Å²) in [7, 11) is 2.52. The van der Waals surface area contributed by atoms with E-state index >= 15 is 0 Å². The molecule has 0 amide bonds. The summed E-state index contributed by atoms with van der Waals surface area (Å²) >= 11 is 0. The molecular weight excluding hydrogens is 975 g/mol. The molecule has 1 fully saturated rings. The maximum absolute atomic E-state index is 13.0. The molecule has 2 spiro atoms. The van der Waals surface area contributed by atoms with Crippen molar-refractivity contribution < 1.29 is 14.6 Å². The van der Waals surface area contributed by atoms with Gasteiger partial charge in [0.25, 0.3) is 0 Å². The lowest BCUT2D eigenvalue weighted by atomic mass is 9.47. The van der Waals surface area contributed by atoms with Crippen LogP contribution in [-0.4, -0.2) is 42.8 Å². The predicted molar refractivity (Wildman–Crippen MR) is 332 cm³/mol. The third-order valence-electron chi connectivity index (χ3n) is 27.4. The number of aliphatic hydroxyl groups excluding tert-OH is 1. The Balaban J connectivity index is 0.950. The molecule has 29 aromatic carbocycles. The molecule has 1 saturated heterocycles. The second kappa shape index (κ2) is 7.96. The minimum absolute atomic E-state index is 0.0489. The lowest BCUT2D eigenvalue weighted by molar-refractivity contribution is -0.137. The number of likely N-dealkylation sites (N-methyl/N-ethyl adjacent to an activating group) is 1. The van der Waals surface area contributed by atoms with Crippen molar-refractivity contribution >= 4 is 303 Å². The molecular formula is C76H21NO3. The van der Waals surface area contributed by atoms with E-state index in [4.69, 9.17) is 4.74 Å². The van der Waals surface area contributed by atoms with Crippen molar-refractivity contribution in [2.45, 2.75) is 29.7 Å². The summed E-state index contributed by atoms with van der Waals surface area (Å²) < 4.78 is 5.56. The number of esters is 1. The van der Waals surface area contributed by atoms with Crippen LogP contribution in [0.4, 0.5) is 0 Å². The van der Waals surface area contributed by atoms with Crippen molar-refractivity contribution in [3.05, 3.63) is 63.7 Å². The molecule has 0 saturated carbocycles. The molecule has 4 aliphatic carbocycles. The van der Waals surface area contributed by atoms with Gasteiger partial charge in [0.05, 0.1) is 17.4 Å². The molecule has 34 rings (SSSR count). The first kappa shape index (κ1) is 32.6. The molecule has 0 bridgehead atoms. The highest BCUT2D eigenvalue weighted by molar-refractivity contribution is 6.82. The summed E-state index contributed by atoms with van der Waals surface area (Å²) in [5.74, 6) is -0.330. The second-order valence-electron chi connectivity index (χ2n) is 28.4. The van der Waals surface area contributed by atoms with Crippen LogP contribution in [-0.2, 0) is 20.4 Å². The van der Waals surface area contributed by atoms with Crippen LogP contribution in [0.5, 0.6) is 0 Å². The van der Waals surface area contributed by atoms with Gasteiger partial charge >= 0.3 is 5.97 Å². The van der Waals surface area contributed by atoms with Crippen molar-refractivity contribution in [2.24, 2.45) is 0 Å². The van der Waals surface area contributed by atoms with Crippen molar-refractivity contribution in [3.63, 3.8) is 0 Å². The average molecular weight is 996 g/mol. The molecule has 80 heavy (non-hydrogen) atoms. The van der Waals surface area contributed by atoms with E-state index in [-0.39, 0.29) is 24.0 Å². The monoisotopic (exact) mass is 995 g/mol. The van der Waals surface area contributed by atoms with Crippen molar-refractivity contribution in [1.82, 2.24) is 4.90 Å². The number of unbranched alkanes of at least 4 members (excludes halogenated alkanes) is 1. The molecule has 1 N–H and O–H groups in total. The van der Waals surface area contributed by atoms with Gasteiger partial charge in [0.15, 0.2) is 0 Å². The largest absolute Gasteiger partial charge is 0.463 e. The molecule has 1 unspecified atom stereocenters. The van der Waals surface area contributed by atoms with E-state index in [0.29, 0.717) is 19.4 Å². The first-order valence-electron chi connectivity index (χ1n) is 29.7. The van der Waals surface area contributed by atoms with Crippen LogP contribution in [0.1, 0.15) is 52.3 Å². The predicted octanol–water partition coefficient (Wildman–Crippen LogP) is 18.3. The van der Waals surface area contributed by atoms with Gasteiger partial charge in [-0.05, 0) is 350 Å². The van der Waals surface area contributed by atoms with Gasteiger partial charge in [-0.25, -0.2) is 4.79 Å². The van der Waals surface area contributed by atoms with Crippen LogP contribution in [0, 0.1) is 0 Å². The zero-order chi connectivity index (χ0) is 48.9. The zero-order valence-corrected chi connectivity index (χ0v) is 41.8. The third kappa shape index (κ3) is 1.94. The number of likely N-dealkylation sites (tertiary alicyclic amines) is 1. The molecule has 1 heterocycles. The molecule has 4 nitrogen and oxygen atoms in total. The lowest BCUT2D eigenvalue weighted by Gasteiger charge is -2.52. The number of hydrogen-bond donors (Lipinski definition) is 1. The van der Waals surface area contributed by atoms with Gasteiger partial charge in [0.1, 0.15) is 0 Å². The molecule has 348 valence electrons. The highest BCUT2D eigenvalue weighted by Gasteiger charge is 2.75. The van der Waals surface area contributed by atoms with Gasteiger partial charge in [-0.2, -0.15) is 0 Å². The fourth-order valence-corrected chi connectivity index (χ4v) is 26.9. The number of rotatable bonds is 7. The van der Waals surface area contributed by atoms with Crippen LogP contribution in [0.15, 0.2) is 30.3 Å². The van der Waals surface area contributed by atoms with Crippen molar-refractivity contribution in [3.8, 4) is 0 Å². The maximum atomic E-state index is 13.0. The number of carbonyl (C=O) groups excluding carboxylic acids is 1. The van der Waals surface area contributed by atoms with Crippen molar-refractivity contribution in [1.29, 1.82) is 0 Å². The highest BCUT2D eigenvalue weighted by atomic mass is 16.5. The quantitative estimate of drug-likeness (QED) is 0.0748. The van der Waals surface area contributed by atoms with Gasteiger partial charge in [-0.15, -0.1) is 0 Å². The summed E-state index contributed by atoms with van der Waals surface area (Å²) in [6.07, 6.45) is 4.82. The van der Waals surface area contributed by atoms with E-state index in [1.165, 1.54) is 5.56 Å².